The van der Waals surface area contributed by atoms with E-state index in [0.29, 0.717) is 11.6 Å². The lowest BCUT2D eigenvalue weighted by Crippen LogP contribution is -2.02. The van der Waals surface area contributed by atoms with Crippen molar-refractivity contribution in [2.24, 2.45) is 0 Å². The lowest BCUT2D eigenvalue weighted by atomic mass is 10.3. The van der Waals surface area contributed by atoms with Gasteiger partial charge in [-0.05, 0) is 24.3 Å². The predicted octanol–water partition coefficient (Wildman–Crippen LogP) is 3.36. The average Bonchev–Trinajstić information content (AvgIpc) is 2.33. The Bertz CT molecular complexity index is 445. The first-order valence-corrected chi connectivity index (χ1v) is 5.51. The van der Waals surface area contributed by atoms with Gasteiger partial charge in [0, 0.05) is 18.3 Å². The van der Waals surface area contributed by atoms with Crippen LogP contribution < -0.4 is 4.74 Å². The summed E-state index contributed by atoms with van der Waals surface area (Å²) < 4.78 is 5.57. The maximum Gasteiger partial charge on any atom is 0.137 e. The van der Waals surface area contributed by atoms with Gasteiger partial charge in [-0.2, -0.15) is 0 Å². The molecule has 0 N–H and O–H groups in total. The second kappa shape index (κ2) is 5.52. The van der Waals surface area contributed by atoms with Crippen molar-refractivity contribution in [3.8, 4) is 5.75 Å². The Morgan fingerprint density at radius 1 is 1.06 bits per heavy atom. The van der Waals surface area contributed by atoms with Crippen molar-refractivity contribution >= 4 is 11.6 Å². The van der Waals surface area contributed by atoms with Gasteiger partial charge in [0.15, 0.2) is 0 Å². The minimum absolute atomic E-state index is 0.584. The highest BCUT2D eigenvalue weighted by molar-refractivity contribution is 6.32. The third kappa shape index (κ3) is 2.97. The summed E-state index contributed by atoms with van der Waals surface area (Å²) in [7, 11) is 0. The molecule has 0 fully saturated rings. The fourth-order valence-corrected chi connectivity index (χ4v) is 1.56. The summed E-state index contributed by atoms with van der Waals surface area (Å²) in [4.78, 5) is 4.22. The molecule has 0 saturated heterocycles. The standard InChI is InChI=1S/C13H12ClNO/c14-12-6-1-2-7-13(12)16-10-8-11-5-3-4-9-15-11/h1-7,9H,8,10H2. The molecule has 16 heavy (non-hydrogen) atoms. The van der Waals surface area contributed by atoms with Crippen LogP contribution in [0.3, 0.4) is 0 Å². The third-order valence-electron chi connectivity index (χ3n) is 2.18. The summed E-state index contributed by atoms with van der Waals surface area (Å²) in [6.07, 6.45) is 2.57. The molecule has 0 unspecified atom stereocenters. The monoisotopic (exact) mass is 233 g/mol. The number of benzene rings is 1. The SMILES string of the molecule is Clc1ccccc1OCCc1ccccn1. The Balaban J connectivity index is 1.87. The highest BCUT2D eigenvalue weighted by Gasteiger charge is 1.99. The van der Waals surface area contributed by atoms with E-state index in [0.717, 1.165) is 17.9 Å². The third-order valence-corrected chi connectivity index (χ3v) is 2.49. The smallest absolute Gasteiger partial charge is 0.137 e. The Labute approximate surface area is 99.9 Å². The summed E-state index contributed by atoms with van der Waals surface area (Å²) in [5, 5.41) is 0.642. The van der Waals surface area contributed by atoms with Crippen LogP contribution in [0.4, 0.5) is 0 Å². The Morgan fingerprint density at radius 2 is 1.88 bits per heavy atom. The highest BCUT2D eigenvalue weighted by atomic mass is 35.5. The molecule has 2 nitrogen and oxygen atoms in total. The van der Waals surface area contributed by atoms with E-state index >= 15 is 0 Å². The lowest BCUT2D eigenvalue weighted by molar-refractivity contribution is 0.320. The molecule has 2 rings (SSSR count). The van der Waals surface area contributed by atoms with Crippen LogP contribution >= 0.6 is 11.6 Å². The van der Waals surface area contributed by atoms with E-state index in [9.17, 15) is 0 Å². The molecule has 0 spiro atoms. The average molecular weight is 234 g/mol. The van der Waals surface area contributed by atoms with Gasteiger partial charge >= 0.3 is 0 Å². The zero-order valence-electron chi connectivity index (χ0n) is 8.77. The van der Waals surface area contributed by atoms with Crippen LogP contribution in [-0.4, -0.2) is 11.6 Å². The molecule has 2 aromatic rings. The van der Waals surface area contributed by atoms with E-state index in [1.165, 1.54) is 0 Å². The van der Waals surface area contributed by atoms with Crippen LogP contribution in [0.15, 0.2) is 48.7 Å². The van der Waals surface area contributed by atoms with Crippen molar-refractivity contribution in [2.45, 2.75) is 6.42 Å². The Morgan fingerprint density at radius 3 is 2.62 bits per heavy atom. The number of hydrogen-bond acceptors (Lipinski definition) is 2. The lowest BCUT2D eigenvalue weighted by Gasteiger charge is -2.06. The number of para-hydroxylation sites is 1. The first-order chi connectivity index (χ1) is 7.86. The minimum atomic E-state index is 0.584. The van der Waals surface area contributed by atoms with Gasteiger partial charge in [0.25, 0.3) is 0 Å². The minimum Gasteiger partial charge on any atom is -0.492 e. The van der Waals surface area contributed by atoms with Gasteiger partial charge in [-0.1, -0.05) is 29.8 Å². The largest absolute Gasteiger partial charge is 0.492 e. The van der Waals surface area contributed by atoms with E-state index in [2.05, 4.69) is 4.98 Å². The maximum absolute atomic E-state index is 5.97. The molecule has 0 saturated carbocycles. The molecule has 3 heteroatoms. The first-order valence-electron chi connectivity index (χ1n) is 5.13. The molecule has 0 bridgehead atoms. The quantitative estimate of drug-likeness (QED) is 0.808. The van der Waals surface area contributed by atoms with Gasteiger partial charge < -0.3 is 4.74 Å². The first kappa shape index (κ1) is 11.0. The molecule has 1 aromatic carbocycles. The molecule has 0 aliphatic rings. The molecule has 82 valence electrons. The van der Waals surface area contributed by atoms with Crippen LogP contribution in [-0.2, 0) is 6.42 Å². The molecule has 0 aliphatic carbocycles. The second-order valence-electron chi connectivity index (χ2n) is 3.35. The second-order valence-corrected chi connectivity index (χ2v) is 3.76. The summed E-state index contributed by atoms with van der Waals surface area (Å²) >= 11 is 5.97. The molecule has 0 atom stereocenters. The number of nitrogens with zero attached hydrogens (tertiary/aromatic N) is 1. The number of hydrogen-bond donors (Lipinski definition) is 0. The van der Waals surface area contributed by atoms with Crippen LogP contribution in [0.25, 0.3) is 0 Å². The Kier molecular flexibility index (Phi) is 3.78. The molecular weight excluding hydrogens is 222 g/mol. The number of aromatic nitrogens is 1. The van der Waals surface area contributed by atoms with Gasteiger partial charge in [0.2, 0.25) is 0 Å². The van der Waals surface area contributed by atoms with Crippen molar-refractivity contribution in [2.75, 3.05) is 6.61 Å². The summed E-state index contributed by atoms with van der Waals surface area (Å²) in [5.41, 5.74) is 1.02. The van der Waals surface area contributed by atoms with Crippen LogP contribution in [0.5, 0.6) is 5.75 Å². The van der Waals surface area contributed by atoms with E-state index in [-0.39, 0.29) is 0 Å². The fourth-order valence-electron chi connectivity index (χ4n) is 1.37. The van der Waals surface area contributed by atoms with Crippen molar-refractivity contribution in [1.82, 2.24) is 4.98 Å². The molecule has 1 aromatic heterocycles. The summed E-state index contributed by atoms with van der Waals surface area (Å²) in [6.45, 7) is 0.584. The zero-order valence-corrected chi connectivity index (χ0v) is 9.52. The van der Waals surface area contributed by atoms with Gasteiger partial charge in [0.05, 0.1) is 11.6 Å². The van der Waals surface area contributed by atoms with Crippen molar-refractivity contribution in [3.63, 3.8) is 0 Å². The fraction of sp³-hybridized carbons (Fsp3) is 0.154. The number of rotatable bonds is 4. The van der Waals surface area contributed by atoms with Crippen LogP contribution in [0, 0.1) is 0 Å². The molecule has 0 aliphatic heterocycles. The van der Waals surface area contributed by atoms with Gasteiger partial charge in [-0.15, -0.1) is 0 Å². The van der Waals surface area contributed by atoms with Crippen LogP contribution in [0.1, 0.15) is 5.69 Å². The van der Waals surface area contributed by atoms with E-state index < -0.39 is 0 Å². The van der Waals surface area contributed by atoms with E-state index in [1.807, 2.05) is 42.5 Å². The van der Waals surface area contributed by atoms with Gasteiger partial charge in [-0.25, -0.2) is 0 Å². The van der Waals surface area contributed by atoms with Crippen LogP contribution in [0.2, 0.25) is 5.02 Å². The molecule has 0 radical (unpaired) electrons. The number of halogens is 1. The Hall–Kier alpha value is -1.54. The van der Waals surface area contributed by atoms with E-state index in [4.69, 9.17) is 16.3 Å². The van der Waals surface area contributed by atoms with Gasteiger partial charge in [-0.3, -0.25) is 4.98 Å². The number of pyridine rings is 1. The topological polar surface area (TPSA) is 22.1 Å². The zero-order chi connectivity index (χ0) is 11.2. The normalized spacial score (nSPS) is 10.1. The van der Waals surface area contributed by atoms with Crippen molar-refractivity contribution < 1.29 is 4.74 Å². The molecule has 0 amide bonds. The molecule has 1 heterocycles. The van der Waals surface area contributed by atoms with Crippen molar-refractivity contribution in [3.05, 3.63) is 59.4 Å². The molecular formula is C13H12ClNO. The summed E-state index contributed by atoms with van der Waals surface area (Å²) in [5.74, 6) is 0.722. The van der Waals surface area contributed by atoms with E-state index in [1.54, 1.807) is 6.20 Å². The number of ether oxygens (including phenoxy) is 1. The highest BCUT2D eigenvalue weighted by Crippen LogP contribution is 2.22. The summed E-state index contributed by atoms with van der Waals surface area (Å²) in [6, 6.07) is 13.3. The van der Waals surface area contributed by atoms with Crippen molar-refractivity contribution in [1.29, 1.82) is 0 Å². The maximum atomic E-state index is 5.97. The predicted molar refractivity (Wildman–Crippen MR) is 64.9 cm³/mol. The van der Waals surface area contributed by atoms with Gasteiger partial charge in [0.1, 0.15) is 5.75 Å².